The standard InChI is InChI=1S/C16H16ClFN2O3/c1-22-14-6-4-11(8-12(14)18)19-9-16(21)20-13-7-10(17)3-5-15(13)23-2/h3-8,19H,9H2,1-2H3,(H,20,21). The van der Waals surface area contributed by atoms with E-state index >= 15 is 0 Å². The summed E-state index contributed by atoms with van der Waals surface area (Å²) in [7, 11) is 2.88. The molecule has 0 saturated heterocycles. The predicted molar refractivity (Wildman–Crippen MR) is 88.1 cm³/mol. The van der Waals surface area contributed by atoms with Crippen molar-refractivity contribution in [2.45, 2.75) is 0 Å². The van der Waals surface area contributed by atoms with Crippen LogP contribution in [-0.2, 0) is 4.79 Å². The van der Waals surface area contributed by atoms with Crippen LogP contribution in [0.25, 0.3) is 0 Å². The maximum Gasteiger partial charge on any atom is 0.243 e. The zero-order valence-corrected chi connectivity index (χ0v) is 13.4. The molecule has 5 nitrogen and oxygen atoms in total. The molecule has 0 aromatic heterocycles. The number of nitrogens with one attached hydrogen (secondary N) is 2. The quantitative estimate of drug-likeness (QED) is 0.845. The second-order valence-electron chi connectivity index (χ2n) is 4.60. The molecule has 0 aliphatic carbocycles. The second kappa shape index (κ2) is 7.69. The maximum atomic E-state index is 13.6. The molecule has 1 amide bonds. The highest BCUT2D eigenvalue weighted by Gasteiger charge is 2.09. The van der Waals surface area contributed by atoms with Gasteiger partial charge in [-0.1, -0.05) is 11.6 Å². The molecule has 0 heterocycles. The van der Waals surface area contributed by atoms with E-state index < -0.39 is 5.82 Å². The van der Waals surface area contributed by atoms with Crippen LogP contribution in [-0.4, -0.2) is 26.7 Å². The average Bonchev–Trinajstić information content (AvgIpc) is 2.53. The van der Waals surface area contributed by atoms with Gasteiger partial charge in [-0.15, -0.1) is 0 Å². The summed E-state index contributed by atoms with van der Waals surface area (Å²) in [6.07, 6.45) is 0. The van der Waals surface area contributed by atoms with Crippen LogP contribution in [0, 0.1) is 5.82 Å². The highest BCUT2D eigenvalue weighted by Crippen LogP contribution is 2.27. The van der Waals surface area contributed by atoms with Crippen molar-refractivity contribution in [2.75, 3.05) is 31.4 Å². The number of anilines is 2. The molecule has 0 radical (unpaired) electrons. The first-order chi connectivity index (χ1) is 11.0. The van der Waals surface area contributed by atoms with E-state index in [9.17, 15) is 9.18 Å². The molecule has 0 aliphatic rings. The number of hydrogen-bond acceptors (Lipinski definition) is 4. The van der Waals surface area contributed by atoms with Gasteiger partial charge < -0.3 is 20.1 Å². The van der Waals surface area contributed by atoms with Crippen molar-refractivity contribution in [3.63, 3.8) is 0 Å². The topological polar surface area (TPSA) is 59.6 Å². The lowest BCUT2D eigenvalue weighted by Crippen LogP contribution is -2.22. The van der Waals surface area contributed by atoms with Crippen molar-refractivity contribution in [2.24, 2.45) is 0 Å². The van der Waals surface area contributed by atoms with Crippen LogP contribution in [0.4, 0.5) is 15.8 Å². The van der Waals surface area contributed by atoms with Gasteiger partial charge in [0.05, 0.1) is 26.5 Å². The summed E-state index contributed by atoms with van der Waals surface area (Å²) >= 11 is 5.90. The van der Waals surface area contributed by atoms with Gasteiger partial charge in [0, 0.05) is 16.8 Å². The lowest BCUT2D eigenvalue weighted by atomic mass is 10.2. The minimum atomic E-state index is -0.505. The molecule has 0 atom stereocenters. The first-order valence-corrected chi connectivity index (χ1v) is 7.12. The van der Waals surface area contributed by atoms with Gasteiger partial charge in [0.2, 0.25) is 5.91 Å². The number of methoxy groups -OCH3 is 2. The van der Waals surface area contributed by atoms with E-state index in [-0.39, 0.29) is 18.2 Å². The Morgan fingerprint density at radius 1 is 1.13 bits per heavy atom. The summed E-state index contributed by atoms with van der Waals surface area (Å²) in [5.74, 6) is -0.182. The van der Waals surface area contributed by atoms with E-state index in [1.165, 1.54) is 26.4 Å². The van der Waals surface area contributed by atoms with E-state index in [2.05, 4.69) is 10.6 Å². The van der Waals surface area contributed by atoms with Gasteiger partial charge in [0.1, 0.15) is 5.75 Å². The molecule has 23 heavy (non-hydrogen) atoms. The maximum absolute atomic E-state index is 13.6. The molecule has 2 rings (SSSR count). The molecule has 2 N–H and O–H groups in total. The Bertz CT molecular complexity index is 710. The van der Waals surface area contributed by atoms with Crippen LogP contribution in [0.3, 0.4) is 0 Å². The average molecular weight is 339 g/mol. The van der Waals surface area contributed by atoms with Crippen molar-refractivity contribution in [3.8, 4) is 11.5 Å². The first kappa shape index (κ1) is 16.9. The number of halogens is 2. The number of carbonyl (C=O) groups is 1. The fraction of sp³-hybridized carbons (Fsp3) is 0.188. The molecule has 0 saturated carbocycles. The van der Waals surface area contributed by atoms with E-state index in [4.69, 9.17) is 21.1 Å². The summed E-state index contributed by atoms with van der Waals surface area (Å²) in [5, 5.41) is 5.99. The van der Waals surface area contributed by atoms with Crippen LogP contribution in [0.5, 0.6) is 11.5 Å². The summed E-state index contributed by atoms with van der Waals surface area (Å²) in [5.41, 5.74) is 0.934. The van der Waals surface area contributed by atoms with Crippen LogP contribution in [0.15, 0.2) is 36.4 Å². The molecule has 0 fully saturated rings. The minimum absolute atomic E-state index is 0.0402. The van der Waals surface area contributed by atoms with Crippen molar-refractivity contribution >= 4 is 28.9 Å². The van der Waals surface area contributed by atoms with Gasteiger partial charge in [0.25, 0.3) is 0 Å². The monoisotopic (exact) mass is 338 g/mol. The Morgan fingerprint density at radius 3 is 2.48 bits per heavy atom. The van der Waals surface area contributed by atoms with Crippen LogP contribution < -0.4 is 20.1 Å². The number of hydrogen-bond donors (Lipinski definition) is 2. The summed E-state index contributed by atoms with van der Waals surface area (Å²) in [4.78, 5) is 12.0. The molecule has 0 bridgehead atoms. The number of amides is 1. The SMILES string of the molecule is COc1ccc(NCC(=O)Nc2cc(Cl)ccc2OC)cc1F. The normalized spacial score (nSPS) is 10.1. The van der Waals surface area contributed by atoms with Gasteiger partial charge in [0.15, 0.2) is 11.6 Å². The fourth-order valence-corrected chi connectivity index (χ4v) is 2.10. The first-order valence-electron chi connectivity index (χ1n) is 6.74. The van der Waals surface area contributed by atoms with Crippen LogP contribution >= 0.6 is 11.6 Å². The third kappa shape index (κ3) is 4.50. The van der Waals surface area contributed by atoms with E-state index in [0.717, 1.165) is 0 Å². The Morgan fingerprint density at radius 2 is 1.83 bits per heavy atom. The molecule has 122 valence electrons. The molecule has 7 heteroatoms. The van der Waals surface area contributed by atoms with E-state index in [0.29, 0.717) is 22.1 Å². The summed E-state index contributed by atoms with van der Waals surface area (Å²) in [6, 6.07) is 9.26. The van der Waals surface area contributed by atoms with Gasteiger partial charge in [-0.05, 0) is 30.3 Å². The van der Waals surface area contributed by atoms with Gasteiger partial charge in [-0.3, -0.25) is 4.79 Å². The number of rotatable bonds is 6. The highest BCUT2D eigenvalue weighted by molar-refractivity contribution is 6.31. The van der Waals surface area contributed by atoms with Gasteiger partial charge >= 0.3 is 0 Å². The van der Waals surface area contributed by atoms with Crippen LogP contribution in [0.2, 0.25) is 5.02 Å². The van der Waals surface area contributed by atoms with Crippen molar-refractivity contribution in [1.82, 2.24) is 0 Å². The Labute approximate surface area is 138 Å². The molecule has 2 aromatic carbocycles. The third-order valence-electron chi connectivity index (χ3n) is 3.04. The van der Waals surface area contributed by atoms with Gasteiger partial charge in [-0.25, -0.2) is 4.39 Å². The number of benzene rings is 2. The zero-order chi connectivity index (χ0) is 16.8. The Balaban J connectivity index is 1.98. The van der Waals surface area contributed by atoms with Crippen molar-refractivity contribution in [1.29, 1.82) is 0 Å². The van der Waals surface area contributed by atoms with Crippen molar-refractivity contribution < 1.29 is 18.7 Å². The molecular weight excluding hydrogens is 323 g/mol. The minimum Gasteiger partial charge on any atom is -0.495 e. The molecular formula is C16H16ClFN2O3. The second-order valence-corrected chi connectivity index (χ2v) is 5.03. The predicted octanol–water partition coefficient (Wildman–Crippen LogP) is 3.55. The molecule has 0 unspecified atom stereocenters. The molecule has 2 aromatic rings. The van der Waals surface area contributed by atoms with Crippen LogP contribution in [0.1, 0.15) is 0 Å². The highest BCUT2D eigenvalue weighted by atomic mass is 35.5. The fourth-order valence-electron chi connectivity index (χ4n) is 1.93. The van der Waals surface area contributed by atoms with Gasteiger partial charge in [-0.2, -0.15) is 0 Å². The summed E-state index contributed by atoms with van der Waals surface area (Å²) < 4.78 is 23.5. The number of ether oxygens (including phenoxy) is 2. The Kier molecular flexibility index (Phi) is 5.65. The lowest BCUT2D eigenvalue weighted by molar-refractivity contribution is -0.114. The third-order valence-corrected chi connectivity index (χ3v) is 3.28. The zero-order valence-electron chi connectivity index (χ0n) is 12.7. The van der Waals surface area contributed by atoms with Crippen molar-refractivity contribution in [3.05, 3.63) is 47.2 Å². The largest absolute Gasteiger partial charge is 0.495 e. The molecule has 0 aliphatic heterocycles. The van der Waals surface area contributed by atoms with E-state index in [1.807, 2.05) is 0 Å². The Hall–Kier alpha value is -2.47. The number of carbonyl (C=O) groups excluding carboxylic acids is 1. The summed E-state index contributed by atoms with van der Waals surface area (Å²) in [6.45, 7) is -0.0402. The smallest absolute Gasteiger partial charge is 0.243 e. The lowest BCUT2D eigenvalue weighted by Gasteiger charge is -2.12. The van der Waals surface area contributed by atoms with E-state index in [1.54, 1.807) is 24.3 Å². The molecule has 0 spiro atoms.